The van der Waals surface area contributed by atoms with E-state index >= 15 is 0 Å². The van der Waals surface area contributed by atoms with Gasteiger partial charge in [-0.1, -0.05) is 20.8 Å². The Balaban J connectivity index is 2.41. The standard InChI is InChI=1S/C14H13BrF3N3/c1-14(2,3)13-20-9(15)6-10(21-13)19-8-5-4-7(16)11(17)12(8)18/h4-6H,1-3H3,(H,19,20,21). The third-order valence-corrected chi connectivity index (χ3v) is 3.07. The van der Waals surface area contributed by atoms with Crippen LogP contribution < -0.4 is 5.32 Å². The van der Waals surface area contributed by atoms with E-state index in [9.17, 15) is 13.2 Å². The smallest absolute Gasteiger partial charge is 0.196 e. The van der Waals surface area contributed by atoms with Crippen molar-refractivity contribution >= 4 is 27.4 Å². The third-order valence-electron chi connectivity index (χ3n) is 2.66. The van der Waals surface area contributed by atoms with Gasteiger partial charge in [0.15, 0.2) is 17.5 Å². The van der Waals surface area contributed by atoms with E-state index in [1.165, 1.54) is 6.07 Å². The number of anilines is 2. The number of benzene rings is 1. The van der Waals surface area contributed by atoms with Gasteiger partial charge in [0.25, 0.3) is 0 Å². The molecule has 7 heteroatoms. The van der Waals surface area contributed by atoms with E-state index < -0.39 is 17.5 Å². The summed E-state index contributed by atoms with van der Waals surface area (Å²) in [5.74, 6) is -3.24. The molecule has 0 saturated heterocycles. The van der Waals surface area contributed by atoms with Crippen LogP contribution in [0.2, 0.25) is 0 Å². The fourth-order valence-electron chi connectivity index (χ4n) is 1.58. The van der Waals surface area contributed by atoms with Crippen molar-refractivity contribution in [2.24, 2.45) is 0 Å². The van der Waals surface area contributed by atoms with Gasteiger partial charge in [-0.15, -0.1) is 0 Å². The Labute approximate surface area is 128 Å². The van der Waals surface area contributed by atoms with Crippen LogP contribution in [0, 0.1) is 17.5 Å². The summed E-state index contributed by atoms with van der Waals surface area (Å²) >= 11 is 3.24. The summed E-state index contributed by atoms with van der Waals surface area (Å²) in [6.45, 7) is 5.78. The second-order valence-electron chi connectivity index (χ2n) is 5.50. The van der Waals surface area contributed by atoms with Crippen molar-refractivity contribution in [3.05, 3.63) is 46.1 Å². The SMILES string of the molecule is CC(C)(C)c1nc(Br)cc(Nc2ccc(F)c(F)c2F)n1. The van der Waals surface area contributed by atoms with Crippen molar-refractivity contribution in [3.63, 3.8) is 0 Å². The first kappa shape index (κ1) is 15.8. The summed E-state index contributed by atoms with van der Waals surface area (Å²) in [7, 11) is 0. The van der Waals surface area contributed by atoms with Gasteiger partial charge >= 0.3 is 0 Å². The third kappa shape index (κ3) is 3.53. The van der Waals surface area contributed by atoms with E-state index in [0.717, 1.165) is 12.1 Å². The molecule has 21 heavy (non-hydrogen) atoms. The summed E-state index contributed by atoms with van der Waals surface area (Å²) in [6, 6.07) is 3.48. The molecule has 0 amide bonds. The summed E-state index contributed by atoms with van der Waals surface area (Å²) in [5.41, 5.74) is -0.508. The van der Waals surface area contributed by atoms with Gasteiger partial charge in [-0.2, -0.15) is 0 Å². The molecule has 0 aliphatic rings. The zero-order chi connectivity index (χ0) is 15.8. The van der Waals surface area contributed by atoms with E-state index in [0.29, 0.717) is 10.4 Å². The van der Waals surface area contributed by atoms with Gasteiger partial charge in [-0.05, 0) is 28.1 Å². The largest absolute Gasteiger partial charge is 0.338 e. The molecule has 112 valence electrons. The molecule has 3 nitrogen and oxygen atoms in total. The summed E-state index contributed by atoms with van der Waals surface area (Å²) in [6.07, 6.45) is 0. The fourth-order valence-corrected chi connectivity index (χ4v) is 1.96. The monoisotopic (exact) mass is 359 g/mol. The van der Waals surface area contributed by atoms with Gasteiger partial charge in [0.2, 0.25) is 0 Å². The molecule has 0 spiro atoms. The predicted molar refractivity (Wildman–Crippen MR) is 78.0 cm³/mol. The molecular weight excluding hydrogens is 347 g/mol. The average molecular weight is 360 g/mol. The van der Waals surface area contributed by atoms with Crippen LogP contribution in [0.15, 0.2) is 22.8 Å². The lowest BCUT2D eigenvalue weighted by Gasteiger charge is -2.18. The molecule has 1 aromatic carbocycles. The number of aromatic nitrogens is 2. The van der Waals surface area contributed by atoms with E-state index in [2.05, 4.69) is 31.2 Å². The molecule has 0 atom stereocenters. The lowest BCUT2D eigenvalue weighted by atomic mass is 9.96. The number of hydrogen-bond donors (Lipinski definition) is 1. The Bertz CT molecular complexity index is 684. The normalized spacial score (nSPS) is 11.6. The molecule has 1 aromatic heterocycles. The highest BCUT2D eigenvalue weighted by molar-refractivity contribution is 9.10. The minimum atomic E-state index is -1.52. The highest BCUT2D eigenvalue weighted by atomic mass is 79.9. The number of halogens is 4. The van der Waals surface area contributed by atoms with Gasteiger partial charge < -0.3 is 5.32 Å². The van der Waals surface area contributed by atoms with Crippen molar-refractivity contribution in [3.8, 4) is 0 Å². The lowest BCUT2D eigenvalue weighted by molar-refractivity contribution is 0.449. The van der Waals surface area contributed by atoms with Gasteiger partial charge in [-0.3, -0.25) is 0 Å². The molecule has 2 aromatic rings. The van der Waals surface area contributed by atoms with Crippen LogP contribution in [0.1, 0.15) is 26.6 Å². The van der Waals surface area contributed by atoms with Crippen molar-refractivity contribution < 1.29 is 13.2 Å². The molecule has 1 N–H and O–H groups in total. The Morgan fingerprint density at radius 3 is 2.33 bits per heavy atom. The van der Waals surface area contributed by atoms with Crippen LogP contribution in [0.3, 0.4) is 0 Å². The fraction of sp³-hybridized carbons (Fsp3) is 0.286. The molecule has 0 saturated carbocycles. The van der Waals surface area contributed by atoms with Crippen molar-refractivity contribution in [2.75, 3.05) is 5.32 Å². The first-order valence-electron chi connectivity index (χ1n) is 6.14. The van der Waals surface area contributed by atoms with Crippen molar-refractivity contribution in [2.45, 2.75) is 26.2 Å². The average Bonchev–Trinajstić information content (AvgIpc) is 2.38. The minimum absolute atomic E-state index is 0.195. The van der Waals surface area contributed by atoms with E-state index in [-0.39, 0.29) is 16.9 Å². The summed E-state index contributed by atoms with van der Waals surface area (Å²) < 4.78 is 40.3. The number of rotatable bonds is 2. The lowest BCUT2D eigenvalue weighted by Crippen LogP contribution is -2.17. The van der Waals surface area contributed by atoms with Crippen LogP contribution in [0.4, 0.5) is 24.7 Å². The van der Waals surface area contributed by atoms with Crippen LogP contribution in [0.5, 0.6) is 0 Å². The zero-order valence-electron chi connectivity index (χ0n) is 11.6. The predicted octanol–water partition coefficient (Wildman–Crippen LogP) is 4.70. The minimum Gasteiger partial charge on any atom is -0.338 e. The second kappa shape index (κ2) is 5.63. The molecule has 0 bridgehead atoms. The maximum absolute atomic E-state index is 13.7. The van der Waals surface area contributed by atoms with Crippen molar-refractivity contribution in [1.82, 2.24) is 9.97 Å². The molecule has 0 unspecified atom stereocenters. The van der Waals surface area contributed by atoms with E-state index in [1.54, 1.807) is 0 Å². The first-order chi connectivity index (χ1) is 9.68. The Morgan fingerprint density at radius 2 is 1.71 bits per heavy atom. The van der Waals surface area contributed by atoms with Gasteiger partial charge in [0.05, 0.1) is 5.69 Å². The molecule has 1 heterocycles. The van der Waals surface area contributed by atoms with Gasteiger partial charge in [-0.25, -0.2) is 23.1 Å². The number of hydrogen-bond acceptors (Lipinski definition) is 3. The molecular formula is C14H13BrF3N3. The second-order valence-corrected chi connectivity index (χ2v) is 6.31. The van der Waals surface area contributed by atoms with E-state index in [4.69, 9.17) is 0 Å². The van der Waals surface area contributed by atoms with E-state index in [1.807, 2.05) is 20.8 Å². The van der Waals surface area contributed by atoms with Crippen LogP contribution >= 0.6 is 15.9 Å². The molecule has 0 fully saturated rings. The van der Waals surface area contributed by atoms with Gasteiger partial charge in [0.1, 0.15) is 16.2 Å². The number of nitrogens with zero attached hydrogens (tertiary/aromatic N) is 2. The Morgan fingerprint density at radius 1 is 1.05 bits per heavy atom. The zero-order valence-corrected chi connectivity index (χ0v) is 13.2. The van der Waals surface area contributed by atoms with Crippen LogP contribution in [-0.4, -0.2) is 9.97 Å². The summed E-state index contributed by atoms with van der Waals surface area (Å²) in [5, 5.41) is 2.63. The summed E-state index contributed by atoms with van der Waals surface area (Å²) in [4.78, 5) is 8.50. The molecule has 2 rings (SSSR count). The van der Waals surface area contributed by atoms with Gasteiger partial charge in [0, 0.05) is 11.5 Å². The van der Waals surface area contributed by atoms with Crippen molar-refractivity contribution in [1.29, 1.82) is 0 Å². The first-order valence-corrected chi connectivity index (χ1v) is 6.93. The Kier molecular flexibility index (Phi) is 4.22. The maximum atomic E-state index is 13.7. The maximum Gasteiger partial charge on any atom is 0.196 e. The highest BCUT2D eigenvalue weighted by Crippen LogP contribution is 2.26. The number of nitrogens with one attached hydrogen (secondary N) is 1. The molecule has 0 radical (unpaired) electrons. The molecule has 0 aliphatic carbocycles. The molecule has 0 aliphatic heterocycles. The van der Waals surface area contributed by atoms with Crippen LogP contribution in [0.25, 0.3) is 0 Å². The Hall–Kier alpha value is -1.63. The topological polar surface area (TPSA) is 37.8 Å². The highest BCUT2D eigenvalue weighted by Gasteiger charge is 2.20. The quantitative estimate of drug-likeness (QED) is 0.623. The van der Waals surface area contributed by atoms with Crippen LogP contribution in [-0.2, 0) is 5.41 Å².